The van der Waals surface area contributed by atoms with Crippen molar-refractivity contribution in [2.45, 2.75) is 242 Å². The van der Waals surface area contributed by atoms with Gasteiger partial charge in [-0.2, -0.15) is 0 Å². The second kappa shape index (κ2) is 21.8. The molecule has 9 rings (SSSR count). The van der Waals surface area contributed by atoms with Gasteiger partial charge >= 0.3 is 5.97 Å². The van der Waals surface area contributed by atoms with Gasteiger partial charge in [0.05, 0.1) is 44.1 Å². The third kappa shape index (κ3) is 9.80. The zero-order valence-electron chi connectivity index (χ0n) is 45.3. The Kier molecular flexibility index (Phi) is 17.0. The first-order valence-electron chi connectivity index (χ1n) is 27.9. The summed E-state index contributed by atoms with van der Waals surface area (Å²) < 4.78 is 48.0. The molecule has 0 aromatic carbocycles. The first-order chi connectivity index (χ1) is 36.1. The highest BCUT2D eigenvalue weighted by Gasteiger charge is 2.71. The fourth-order valence-corrected chi connectivity index (χ4v) is 16.4. The lowest BCUT2D eigenvalue weighted by atomic mass is 9.33. The first-order valence-corrected chi connectivity index (χ1v) is 27.9. The van der Waals surface area contributed by atoms with Gasteiger partial charge in [-0.15, -0.1) is 0 Å². The molecule has 4 saturated heterocycles. The minimum Gasteiger partial charge on any atom is -0.432 e. The summed E-state index contributed by atoms with van der Waals surface area (Å²) in [5.74, 6) is -0.892. The number of aliphatic hydroxyl groups is 14. The number of carbonyl (C=O) groups is 1. The summed E-state index contributed by atoms with van der Waals surface area (Å²) in [6, 6.07) is 0. The Labute approximate surface area is 449 Å². The van der Waals surface area contributed by atoms with Crippen LogP contribution in [0.1, 0.15) is 113 Å². The van der Waals surface area contributed by atoms with Crippen LogP contribution in [0.25, 0.3) is 0 Å². The average Bonchev–Trinajstić information content (AvgIpc) is 3.55. The monoisotopic (exact) mass is 1100 g/mol. The van der Waals surface area contributed by atoms with Crippen molar-refractivity contribution in [3.63, 3.8) is 0 Å². The highest BCUT2D eigenvalue weighted by Crippen LogP contribution is 2.76. The average molecular weight is 1110 g/mol. The van der Waals surface area contributed by atoms with E-state index in [1.165, 1.54) is 6.92 Å². The van der Waals surface area contributed by atoms with Gasteiger partial charge in [0.15, 0.2) is 25.0 Å². The second-order valence-electron chi connectivity index (χ2n) is 26.1. The molecule has 0 radical (unpaired) electrons. The number of allylic oxidation sites excluding steroid dienone is 2. The van der Waals surface area contributed by atoms with E-state index in [0.717, 1.165) is 18.4 Å². The number of aliphatic hydroxyl groups excluding tert-OH is 14. The van der Waals surface area contributed by atoms with E-state index in [1.54, 1.807) is 0 Å². The van der Waals surface area contributed by atoms with E-state index in [2.05, 4.69) is 40.7 Å². The van der Waals surface area contributed by atoms with Crippen molar-refractivity contribution >= 4 is 5.97 Å². The van der Waals surface area contributed by atoms with Crippen LogP contribution in [0.5, 0.6) is 0 Å². The molecule has 23 heteroatoms. The van der Waals surface area contributed by atoms with Gasteiger partial charge in [0.1, 0.15) is 85.5 Å². The number of hydrogen-bond acceptors (Lipinski definition) is 23. The number of hydrogen-bond donors (Lipinski definition) is 14. The van der Waals surface area contributed by atoms with Crippen molar-refractivity contribution < 1.29 is 114 Å². The molecular weight excluding hydrogens is 1020 g/mol. The lowest BCUT2D eigenvalue weighted by Crippen LogP contribution is -2.67. The first kappa shape index (κ1) is 60.0. The minimum atomic E-state index is -1.94. The molecule has 0 bridgehead atoms. The lowest BCUT2D eigenvalue weighted by Gasteiger charge is -2.71. The number of ether oxygens (including phenoxy) is 8. The highest BCUT2D eigenvalue weighted by atomic mass is 16.8. The number of esters is 1. The third-order valence-corrected chi connectivity index (χ3v) is 21.5. The number of rotatable bonds is 12. The van der Waals surface area contributed by atoms with Gasteiger partial charge in [0.2, 0.25) is 6.29 Å². The summed E-state index contributed by atoms with van der Waals surface area (Å²) in [5, 5.41) is 150. The Morgan fingerprint density at radius 2 is 1.14 bits per heavy atom. The summed E-state index contributed by atoms with van der Waals surface area (Å²) in [7, 11) is 0. The largest absolute Gasteiger partial charge is 0.432 e. The molecule has 4 saturated carbocycles. The van der Waals surface area contributed by atoms with E-state index in [0.29, 0.717) is 51.4 Å². The zero-order chi connectivity index (χ0) is 56.3. The molecule has 442 valence electrons. The van der Waals surface area contributed by atoms with Gasteiger partial charge in [0.25, 0.3) is 0 Å². The minimum absolute atomic E-state index is 0.0471. The van der Waals surface area contributed by atoms with Crippen molar-refractivity contribution in [1.82, 2.24) is 0 Å². The summed E-state index contributed by atoms with van der Waals surface area (Å²) in [6.45, 7) is 12.6. The summed E-state index contributed by atoms with van der Waals surface area (Å²) in [5.41, 5.74) is -1.99. The molecular formula is C54H88O23. The Morgan fingerprint density at radius 1 is 0.584 bits per heavy atom. The van der Waals surface area contributed by atoms with Crippen molar-refractivity contribution in [2.24, 2.45) is 50.2 Å². The van der Waals surface area contributed by atoms with Crippen LogP contribution in [-0.2, 0) is 42.7 Å². The van der Waals surface area contributed by atoms with Gasteiger partial charge < -0.3 is 109 Å². The van der Waals surface area contributed by atoms with Crippen molar-refractivity contribution in [1.29, 1.82) is 0 Å². The van der Waals surface area contributed by atoms with Crippen LogP contribution in [0, 0.1) is 50.2 Å². The smallest absolute Gasteiger partial charge is 0.315 e. The van der Waals surface area contributed by atoms with Crippen molar-refractivity contribution in [3.8, 4) is 0 Å². The molecule has 4 aliphatic heterocycles. The normalized spacial score (nSPS) is 54.7. The fourth-order valence-electron chi connectivity index (χ4n) is 16.4. The Morgan fingerprint density at radius 3 is 1.77 bits per heavy atom. The molecule has 14 N–H and O–H groups in total. The quantitative estimate of drug-likeness (QED) is 0.0569. The third-order valence-electron chi connectivity index (χ3n) is 21.5. The van der Waals surface area contributed by atoms with Gasteiger partial charge in [-0.3, -0.25) is 4.79 Å². The van der Waals surface area contributed by atoms with E-state index in [4.69, 9.17) is 37.9 Å². The molecule has 4 heterocycles. The summed E-state index contributed by atoms with van der Waals surface area (Å²) >= 11 is 0. The summed E-state index contributed by atoms with van der Waals surface area (Å²) in [4.78, 5) is 15.6. The highest BCUT2D eigenvalue weighted by molar-refractivity contribution is 5.79. The molecule has 23 nitrogen and oxygen atoms in total. The van der Waals surface area contributed by atoms with E-state index in [-0.39, 0.29) is 40.6 Å². The van der Waals surface area contributed by atoms with E-state index in [9.17, 15) is 71.5 Å². The zero-order valence-corrected chi connectivity index (χ0v) is 45.3. The molecule has 8 fully saturated rings. The SMILES string of the molecule is CC1OC(OC2C(OC(=O)C34CCC(C)(C)CC3C3=CCC5C6(C)CCC(OC7OC(CO)C(O)C(O)C7O)C(C)(CO)C6CCC5(C)C3(C)CC4)OC(COC3OC(CO)C(O)C(O)C3O)C(O)C2O)C(O)C(O)C1O. The van der Waals surface area contributed by atoms with Crippen molar-refractivity contribution in [3.05, 3.63) is 11.6 Å². The van der Waals surface area contributed by atoms with Crippen LogP contribution in [0.2, 0.25) is 0 Å². The molecule has 9 aliphatic rings. The Bertz CT molecular complexity index is 2110. The molecule has 0 aromatic heterocycles. The topological polar surface area (TPSA) is 374 Å². The predicted molar refractivity (Wildman–Crippen MR) is 263 cm³/mol. The molecule has 0 aromatic rings. The second-order valence-corrected chi connectivity index (χ2v) is 26.1. The Hall–Kier alpha value is -1.63. The van der Waals surface area contributed by atoms with E-state index < -0.39 is 171 Å². The van der Waals surface area contributed by atoms with Crippen LogP contribution in [0.3, 0.4) is 0 Å². The fraction of sp³-hybridized carbons (Fsp3) is 0.944. The number of carbonyl (C=O) groups excluding carboxylic acids is 1. The van der Waals surface area contributed by atoms with Crippen LogP contribution < -0.4 is 0 Å². The standard InChI is InChI=1S/C54H88O23/c1-23-32(58)36(62)41(67)45(71-23)76-43-39(65)35(61)28(21-70-44-40(66)37(63)33(59)26(19-55)72-44)74-47(43)77-48(69)54-16-14-49(2,3)18-25(54)24-8-9-30-50(4)12-11-31(75-46-42(68)38(64)34(60)27(20-56)73-46)51(5,22-57)29(50)10-13-53(30,7)52(24,6)15-17-54/h8,23,25-47,55-68H,9-22H2,1-7H3. The molecule has 5 aliphatic carbocycles. The maximum absolute atomic E-state index is 15.6. The molecule has 77 heavy (non-hydrogen) atoms. The van der Waals surface area contributed by atoms with Crippen LogP contribution in [0.4, 0.5) is 0 Å². The molecule has 0 amide bonds. The summed E-state index contributed by atoms with van der Waals surface area (Å²) in [6.07, 6.45) is -24.4. The van der Waals surface area contributed by atoms with E-state index in [1.807, 2.05) is 6.92 Å². The maximum Gasteiger partial charge on any atom is 0.315 e. The van der Waals surface area contributed by atoms with Gasteiger partial charge in [-0.1, -0.05) is 53.2 Å². The van der Waals surface area contributed by atoms with Crippen LogP contribution >= 0.6 is 0 Å². The molecule has 0 spiro atoms. The van der Waals surface area contributed by atoms with Gasteiger partial charge in [0, 0.05) is 5.41 Å². The van der Waals surface area contributed by atoms with Gasteiger partial charge in [-0.25, -0.2) is 0 Å². The predicted octanol–water partition coefficient (Wildman–Crippen LogP) is -2.04. The molecule has 29 atom stereocenters. The van der Waals surface area contributed by atoms with Crippen molar-refractivity contribution in [2.75, 3.05) is 26.4 Å². The number of fused-ring (bicyclic) bond motifs is 7. The maximum atomic E-state index is 15.6. The lowest BCUT2D eigenvalue weighted by molar-refractivity contribution is -0.366. The van der Waals surface area contributed by atoms with E-state index >= 15 is 4.79 Å². The van der Waals surface area contributed by atoms with Gasteiger partial charge in [-0.05, 0) is 111 Å². The van der Waals surface area contributed by atoms with Crippen LogP contribution in [-0.4, -0.2) is 233 Å². The Balaban J connectivity index is 0.992. The molecule has 29 unspecified atom stereocenters. The van der Waals surface area contributed by atoms with Crippen LogP contribution in [0.15, 0.2) is 11.6 Å².